The molecule has 2 atom stereocenters. The Morgan fingerprint density at radius 3 is 2.27 bits per heavy atom. The van der Waals surface area contributed by atoms with Crippen molar-refractivity contribution in [1.29, 1.82) is 0 Å². The zero-order valence-electron chi connectivity index (χ0n) is 10.7. The van der Waals surface area contributed by atoms with Crippen molar-refractivity contribution in [2.75, 3.05) is 0 Å². The van der Waals surface area contributed by atoms with Gasteiger partial charge in [-0.25, -0.2) is 0 Å². The summed E-state index contributed by atoms with van der Waals surface area (Å²) in [6.45, 7) is 6.45. The quantitative estimate of drug-likeness (QED) is 0.386. The topological polar surface area (TPSA) is 17.1 Å². The van der Waals surface area contributed by atoms with Gasteiger partial charge in [0.15, 0.2) is 0 Å². The van der Waals surface area contributed by atoms with Crippen LogP contribution in [0.15, 0.2) is 0 Å². The predicted molar refractivity (Wildman–Crippen MR) is 66.7 cm³/mol. The molecule has 0 spiro atoms. The minimum absolute atomic E-state index is 0.132. The smallest absolute Gasteiger partial charge is 0.123 e. The number of hydrogen-bond acceptors (Lipinski definition) is 1. The van der Waals surface area contributed by atoms with E-state index in [2.05, 4.69) is 20.3 Å². The summed E-state index contributed by atoms with van der Waals surface area (Å²) in [5.74, 6) is 0.791. The van der Waals surface area contributed by atoms with E-state index in [4.69, 9.17) is 0 Å². The lowest BCUT2D eigenvalue weighted by molar-refractivity contribution is -0.110. The first-order chi connectivity index (χ1) is 7.24. The Kier molecular flexibility index (Phi) is 9.97. The van der Waals surface area contributed by atoms with Gasteiger partial charge in [0.2, 0.25) is 0 Å². The molecular weight excluding hydrogens is 184 g/mol. The first kappa shape index (κ1) is 14.7. The molecule has 0 aromatic rings. The van der Waals surface area contributed by atoms with Crippen LogP contribution in [0.3, 0.4) is 0 Å². The minimum Gasteiger partial charge on any atom is -0.303 e. The molecule has 0 saturated carbocycles. The summed E-state index contributed by atoms with van der Waals surface area (Å²) in [4.78, 5) is 10.6. The van der Waals surface area contributed by atoms with E-state index in [1.165, 1.54) is 44.9 Å². The summed E-state index contributed by atoms with van der Waals surface area (Å²) in [5, 5.41) is 0. The highest BCUT2D eigenvalue weighted by atomic mass is 16.1. The second-order valence-corrected chi connectivity index (χ2v) is 4.59. The lowest BCUT2D eigenvalue weighted by atomic mass is 9.88. The van der Waals surface area contributed by atoms with Crippen molar-refractivity contribution in [2.24, 2.45) is 11.8 Å². The van der Waals surface area contributed by atoms with E-state index in [1.54, 1.807) is 0 Å². The van der Waals surface area contributed by atoms with Crippen LogP contribution in [-0.4, -0.2) is 6.29 Å². The Morgan fingerprint density at radius 2 is 1.73 bits per heavy atom. The molecule has 0 rings (SSSR count). The lowest BCUT2D eigenvalue weighted by Crippen LogP contribution is -2.08. The monoisotopic (exact) mass is 211 g/mol. The third kappa shape index (κ3) is 8.65. The summed E-state index contributed by atoms with van der Waals surface area (Å²) in [6.07, 6.45) is 12.3. The molecule has 0 bridgehead atoms. The molecule has 0 amide bonds. The standard InChI is InChI=1S/C14H27O/c1-4-6-7-8-10-14(9-5-2)11-13(3)12-15/h11-14H,4-10H2,1-3H3. The fourth-order valence-electron chi connectivity index (χ4n) is 2.02. The number of hydrogen-bond donors (Lipinski definition) is 0. The van der Waals surface area contributed by atoms with Crippen molar-refractivity contribution in [3.63, 3.8) is 0 Å². The van der Waals surface area contributed by atoms with Gasteiger partial charge in [-0.05, 0) is 12.3 Å². The maximum absolute atomic E-state index is 10.6. The van der Waals surface area contributed by atoms with E-state index in [1.807, 2.05) is 6.92 Å². The van der Waals surface area contributed by atoms with E-state index >= 15 is 0 Å². The van der Waals surface area contributed by atoms with Crippen LogP contribution in [0.2, 0.25) is 0 Å². The van der Waals surface area contributed by atoms with Crippen LogP contribution in [0, 0.1) is 18.3 Å². The molecule has 1 radical (unpaired) electrons. The molecule has 2 unspecified atom stereocenters. The third-order valence-corrected chi connectivity index (χ3v) is 2.88. The molecular formula is C14H27O. The average molecular weight is 211 g/mol. The Bertz CT molecular complexity index is 142. The van der Waals surface area contributed by atoms with Gasteiger partial charge in [0, 0.05) is 5.92 Å². The van der Waals surface area contributed by atoms with Crippen molar-refractivity contribution in [1.82, 2.24) is 0 Å². The summed E-state index contributed by atoms with van der Waals surface area (Å²) in [7, 11) is 0. The lowest BCUT2D eigenvalue weighted by Gasteiger charge is -2.17. The average Bonchev–Trinajstić information content (AvgIpc) is 2.24. The van der Waals surface area contributed by atoms with Crippen LogP contribution in [0.25, 0.3) is 0 Å². The second-order valence-electron chi connectivity index (χ2n) is 4.59. The van der Waals surface area contributed by atoms with Gasteiger partial charge in [-0.2, -0.15) is 0 Å². The Morgan fingerprint density at radius 1 is 1.00 bits per heavy atom. The van der Waals surface area contributed by atoms with Gasteiger partial charge in [-0.3, -0.25) is 0 Å². The summed E-state index contributed by atoms with van der Waals surface area (Å²) < 4.78 is 0. The van der Waals surface area contributed by atoms with Gasteiger partial charge >= 0.3 is 0 Å². The highest BCUT2D eigenvalue weighted by Gasteiger charge is 2.11. The molecule has 89 valence electrons. The van der Waals surface area contributed by atoms with Gasteiger partial charge in [0.25, 0.3) is 0 Å². The van der Waals surface area contributed by atoms with Crippen molar-refractivity contribution >= 4 is 6.29 Å². The van der Waals surface area contributed by atoms with Gasteiger partial charge < -0.3 is 4.79 Å². The Labute approximate surface area is 95.6 Å². The van der Waals surface area contributed by atoms with Crippen LogP contribution >= 0.6 is 0 Å². The Hall–Kier alpha value is -0.330. The third-order valence-electron chi connectivity index (χ3n) is 2.88. The van der Waals surface area contributed by atoms with E-state index in [-0.39, 0.29) is 5.92 Å². The molecule has 0 heterocycles. The maximum atomic E-state index is 10.6. The fraction of sp³-hybridized carbons (Fsp3) is 0.857. The van der Waals surface area contributed by atoms with Crippen molar-refractivity contribution in [3.05, 3.63) is 6.42 Å². The second kappa shape index (κ2) is 10.2. The zero-order valence-corrected chi connectivity index (χ0v) is 10.7. The molecule has 1 heteroatoms. The van der Waals surface area contributed by atoms with Crippen LogP contribution in [0.5, 0.6) is 0 Å². The molecule has 0 aliphatic heterocycles. The van der Waals surface area contributed by atoms with E-state index in [0.717, 1.165) is 6.29 Å². The van der Waals surface area contributed by atoms with E-state index in [9.17, 15) is 4.79 Å². The number of carbonyl (C=O) groups is 1. The molecule has 0 aliphatic carbocycles. The molecule has 0 aliphatic rings. The minimum atomic E-state index is 0.132. The molecule has 0 aromatic carbocycles. The van der Waals surface area contributed by atoms with Crippen LogP contribution in [0.1, 0.15) is 65.7 Å². The van der Waals surface area contributed by atoms with E-state index < -0.39 is 0 Å². The Balaban J connectivity index is 3.67. The number of unbranched alkanes of at least 4 members (excludes halogenated alkanes) is 3. The molecule has 0 N–H and O–H groups in total. The normalized spacial score (nSPS) is 14.9. The molecule has 0 aromatic heterocycles. The number of carbonyl (C=O) groups excluding carboxylic acids is 1. The summed E-state index contributed by atoms with van der Waals surface area (Å²) in [5.41, 5.74) is 0. The molecule has 0 fully saturated rings. The number of aldehydes is 1. The molecule has 0 saturated heterocycles. The molecule has 15 heavy (non-hydrogen) atoms. The van der Waals surface area contributed by atoms with Crippen LogP contribution in [-0.2, 0) is 4.79 Å². The predicted octanol–water partition coefficient (Wildman–Crippen LogP) is 4.41. The van der Waals surface area contributed by atoms with Crippen molar-refractivity contribution in [3.8, 4) is 0 Å². The fourth-order valence-corrected chi connectivity index (χ4v) is 2.02. The highest BCUT2D eigenvalue weighted by molar-refractivity contribution is 5.54. The first-order valence-corrected chi connectivity index (χ1v) is 6.54. The zero-order chi connectivity index (χ0) is 11.5. The van der Waals surface area contributed by atoms with Gasteiger partial charge in [0.1, 0.15) is 6.29 Å². The summed E-state index contributed by atoms with van der Waals surface area (Å²) >= 11 is 0. The maximum Gasteiger partial charge on any atom is 0.123 e. The van der Waals surface area contributed by atoms with Gasteiger partial charge in [-0.1, -0.05) is 65.7 Å². The van der Waals surface area contributed by atoms with Gasteiger partial charge in [0.05, 0.1) is 0 Å². The van der Waals surface area contributed by atoms with Crippen LogP contribution in [0.4, 0.5) is 0 Å². The SMILES string of the molecule is CCCCCCC([CH]C(C)C=O)CCC. The molecule has 1 nitrogen and oxygen atoms in total. The summed E-state index contributed by atoms with van der Waals surface area (Å²) in [6, 6.07) is 0. The van der Waals surface area contributed by atoms with Crippen LogP contribution < -0.4 is 0 Å². The first-order valence-electron chi connectivity index (χ1n) is 6.54. The number of rotatable bonds is 10. The van der Waals surface area contributed by atoms with Gasteiger partial charge in [-0.15, -0.1) is 0 Å². The van der Waals surface area contributed by atoms with E-state index in [0.29, 0.717) is 5.92 Å². The highest BCUT2D eigenvalue weighted by Crippen LogP contribution is 2.21. The van der Waals surface area contributed by atoms with Crippen molar-refractivity contribution in [2.45, 2.75) is 65.7 Å². The largest absolute Gasteiger partial charge is 0.303 e. The van der Waals surface area contributed by atoms with Crippen molar-refractivity contribution < 1.29 is 4.79 Å².